The molecule has 0 aliphatic rings. The summed E-state index contributed by atoms with van der Waals surface area (Å²) in [5.41, 5.74) is 1.27. The van der Waals surface area contributed by atoms with Gasteiger partial charge in [0.15, 0.2) is 0 Å². The molecule has 0 aliphatic carbocycles. The number of benzene rings is 1. The normalized spacial score (nSPS) is 9.79. The first-order valence-electron chi connectivity index (χ1n) is 5.30. The Bertz CT molecular complexity index is 655. The molecular formula is C13H9BrClN3O. The smallest absolute Gasteiger partial charge is 0.133 e. The van der Waals surface area contributed by atoms with Crippen LogP contribution in [0.5, 0.6) is 5.75 Å². The highest BCUT2D eigenvalue weighted by molar-refractivity contribution is 9.10. The van der Waals surface area contributed by atoms with E-state index in [2.05, 4.69) is 26.2 Å². The van der Waals surface area contributed by atoms with E-state index < -0.39 is 0 Å². The Hall–Kier alpha value is -1.77. The lowest BCUT2D eigenvalue weighted by molar-refractivity contribution is 0.412. The Labute approximate surface area is 124 Å². The number of nitrogens with zero attached hydrogens (tertiary/aromatic N) is 2. The molecule has 2 rings (SSSR count). The van der Waals surface area contributed by atoms with E-state index in [-0.39, 0.29) is 5.15 Å². The fourth-order valence-corrected chi connectivity index (χ4v) is 2.27. The first-order valence-corrected chi connectivity index (χ1v) is 6.47. The standard InChI is InChI=1S/C13H9BrClN3O/c1-19-11-3-2-9(6-10(11)14)17-13-5-8(7-16)4-12(15)18-13/h2-6H,1H3,(H,17,18). The minimum absolute atomic E-state index is 0.272. The number of aromatic nitrogens is 1. The lowest BCUT2D eigenvalue weighted by atomic mass is 10.2. The molecular weight excluding hydrogens is 330 g/mol. The Morgan fingerprint density at radius 3 is 2.79 bits per heavy atom. The summed E-state index contributed by atoms with van der Waals surface area (Å²) in [7, 11) is 1.60. The third-order valence-corrected chi connectivity index (χ3v) is 3.16. The topological polar surface area (TPSA) is 57.9 Å². The lowest BCUT2D eigenvalue weighted by Gasteiger charge is -2.09. The van der Waals surface area contributed by atoms with Gasteiger partial charge < -0.3 is 10.1 Å². The van der Waals surface area contributed by atoms with Crippen LogP contribution >= 0.6 is 27.5 Å². The molecule has 0 radical (unpaired) electrons. The van der Waals surface area contributed by atoms with E-state index in [9.17, 15) is 0 Å². The van der Waals surface area contributed by atoms with Gasteiger partial charge in [0.2, 0.25) is 0 Å². The largest absolute Gasteiger partial charge is 0.496 e. The highest BCUT2D eigenvalue weighted by Gasteiger charge is 2.04. The molecule has 96 valence electrons. The summed E-state index contributed by atoms with van der Waals surface area (Å²) in [5.74, 6) is 1.25. The molecule has 2 aromatic rings. The minimum Gasteiger partial charge on any atom is -0.496 e. The van der Waals surface area contributed by atoms with E-state index in [4.69, 9.17) is 21.6 Å². The van der Waals surface area contributed by atoms with E-state index in [0.717, 1.165) is 15.9 Å². The zero-order valence-electron chi connectivity index (χ0n) is 9.95. The van der Waals surface area contributed by atoms with Crippen molar-refractivity contribution in [2.75, 3.05) is 12.4 Å². The number of methoxy groups -OCH3 is 1. The highest BCUT2D eigenvalue weighted by Crippen LogP contribution is 2.29. The quantitative estimate of drug-likeness (QED) is 0.855. The van der Waals surface area contributed by atoms with Gasteiger partial charge in [-0.25, -0.2) is 4.98 Å². The molecule has 1 aromatic heterocycles. The van der Waals surface area contributed by atoms with E-state index in [1.165, 1.54) is 6.07 Å². The monoisotopic (exact) mass is 337 g/mol. The maximum Gasteiger partial charge on any atom is 0.133 e. The van der Waals surface area contributed by atoms with Crippen LogP contribution in [0.25, 0.3) is 0 Å². The van der Waals surface area contributed by atoms with Gasteiger partial charge in [0.1, 0.15) is 16.7 Å². The molecule has 0 amide bonds. The van der Waals surface area contributed by atoms with Crippen LogP contribution in [0.3, 0.4) is 0 Å². The van der Waals surface area contributed by atoms with Crippen LogP contribution in [0.4, 0.5) is 11.5 Å². The second-order valence-corrected chi connectivity index (χ2v) is 4.89. The van der Waals surface area contributed by atoms with Crippen molar-refractivity contribution in [1.29, 1.82) is 5.26 Å². The van der Waals surface area contributed by atoms with Gasteiger partial charge in [-0.3, -0.25) is 0 Å². The van der Waals surface area contributed by atoms with Crippen molar-refractivity contribution in [1.82, 2.24) is 4.98 Å². The molecule has 6 heteroatoms. The van der Waals surface area contributed by atoms with Crippen molar-refractivity contribution in [2.24, 2.45) is 0 Å². The number of anilines is 2. The molecule has 1 heterocycles. The van der Waals surface area contributed by atoms with E-state index >= 15 is 0 Å². The third kappa shape index (κ3) is 3.37. The van der Waals surface area contributed by atoms with Gasteiger partial charge in [-0.1, -0.05) is 11.6 Å². The summed E-state index contributed by atoms with van der Waals surface area (Å²) in [4.78, 5) is 4.11. The molecule has 0 atom stereocenters. The first-order chi connectivity index (χ1) is 9.12. The Morgan fingerprint density at radius 2 is 2.16 bits per heavy atom. The van der Waals surface area contributed by atoms with Crippen LogP contribution in [0.2, 0.25) is 5.15 Å². The number of halogens is 2. The summed E-state index contributed by atoms with van der Waals surface area (Å²) < 4.78 is 5.97. The number of pyridine rings is 1. The van der Waals surface area contributed by atoms with Crippen LogP contribution in [0.1, 0.15) is 5.56 Å². The maximum atomic E-state index is 8.88. The van der Waals surface area contributed by atoms with Gasteiger partial charge in [-0.2, -0.15) is 5.26 Å². The predicted molar refractivity (Wildman–Crippen MR) is 77.9 cm³/mol. The fraction of sp³-hybridized carbons (Fsp3) is 0.0769. The zero-order chi connectivity index (χ0) is 13.8. The van der Waals surface area contributed by atoms with Crippen molar-refractivity contribution in [3.05, 3.63) is 45.5 Å². The maximum absolute atomic E-state index is 8.88. The number of ether oxygens (including phenoxy) is 1. The summed E-state index contributed by atoms with van der Waals surface area (Å²) in [6.45, 7) is 0. The Balaban J connectivity index is 2.29. The van der Waals surface area contributed by atoms with Crippen LogP contribution in [-0.4, -0.2) is 12.1 Å². The number of hydrogen-bond acceptors (Lipinski definition) is 4. The number of hydrogen-bond donors (Lipinski definition) is 1. The Kier molecular flexibility index (Phi) is 4.25. The molecule has 0 aliphatic heterocycles. The highest BCUT2D eigenvalue weighted by atomic mass is 79.9. The van der Waals surface area contributed by atoms with Crippen molar-refractivity contribution in [3.8, 4) is 11.8 Å². The second-order valence-electron chi connectivity index (χ2n) is 3.65. The number of nitrogens with one attached hydrogen (secondary N) is 1. The van der Waals surface area contributed by atoms with E-state index in [1.54, 1.807) is 13.2 Å². The van der Waals surface area contributed by atoms with Gasteiger partial charge in [-0.15, -0.1) is 0 Å². The van der Waals surface area contributed by atoms with Crippen LogP contribution < -0.4 is 10.1 Å². The molecule has 0 unspecified atom stereocenters. The molecule has 0 spiro atoms. The molecule has 0 bridgehead atoms. The summed E-state index contributed by atoms with van der Waals surface area (Å²) in [6.07, 6.45) is 0. The minimum atomic E-state index is 0.272. The molecule has 0 saturated carbocycles. The lowest BCUT2D eigenvalue weighted by Crippen LogP contribution is -1.95. The van der Waals surface area contributed by atoms with E-state index in [0.29, 0.717) is 11.4 Å². The molecule has 19 heavy (non-hydrogen) atoms. The van der Waals surface area contributed by atoms with Crippen molar-refractivity contribution >= 4 is 39.0 Å². The average molecular weight is 339 g/mol. The van der Waals surface area contributed by atoms with Crippen molar-refractivity contribution in [2.45, 2.75) is 0 Å². The van der Waals surface area contributed by atoms with Crippen LogP contribution in [0, 0.1) is 11.3 Å². The van der Waals surface area contributed by atoms with Gasteiger partial charge in [0, 0.05) is 5.69 Å². The summed E-state index contributed by atoms with van der Waals surface area (Å²) in [5, 5.41) is 12.2. The molecule has 1 aromatic carbocycles. The van der Waals surface area contributed by atoms with Gasteiger partial charge in [0.25, 0.3) is 0 Å². The van der Waals surface area contributed by atoms with Crippen molar-refractivity contribution in [3.63, 3.8) is 0 Å². The predicted octanol–water partition coefficient (Wildman–Crippen LogP) is 4.12. The van der Waals surface area contributed by atoms with Crippen LogP contribution in [0.15, 0.2) is 34.8 Å². The molecule has 1 N–H and O–H groups in total. The summed E-state index contributed by atoms with van der Waals surface area (Å²) >= 11 is 9.24. The number of nitriles is 1. The number of rotatable bonds is 3. The molecule has 0 saturated heterocycles. The molecule has 4 nitrogen and oxygen atoms in total. The second kappa shape index (κ2) is 5.91. The van der Waals surface area contributed by atoms with Crippen molar-refractivity contribution < 1.29 is 4.74 Å². The SMILES string of the molecule is COc1ccc(Nc2cc(C#N)cc(Cl)n2)cc1Br. The molecule has 0 fully saturated rings. The van der Waals surface area contributed by atoms with Crippen LogP contribution in [-0.2, 0) is 0 Å². The van der Waals surface area contributed by atoms with Gasteiger partial charge in [-0.05, 0) is 46.3 Å². The Morgan fingerprint density at radius 1 is 1.37 bits per heavy atom. The van der Waals surface area contributed by atoms with Gasteiger partial charge >= 0.3 is 0 Å². The third-order valence-electron chi connectivity index (χ3n) is 2.35. The average Bonchev–Trinajstić information content (AvgIpc) is 2.38. The zero-order valence-corrected chi connectivity index (χ0v) is 12.3. The van der Waals surface area contributed by atoms with E-state index in [1.807, 2.05) is 24.3 Å². The van der Waals surface area contributed by atoms with Gasteiger partial charge in [0.05, 0.1) is 23.2 Å². The fourth-order valence-electron chi connectivity index (χ4n) is 1.52. The summed E-state index contributed by atoms with van der Waals surface area (Å²) in [6, 6.07) is 10.7. The first kappa shape index (κ1) is 13.7.